The van der Waals surface area contributed by atoms with Crippen LogP contribution in [0.1, 0.15) is 16.7 Å². The van der Waals surface area contributed by atoms with Crippen LogP contribution in [0.15, 0.2) is 47.3 Å². The van der Waals surface area contributed by atoms with Crippen LogP contribution in [0.25, 0.3) is 10.9 Å². The van der Waals surface area contributed by atoms with Crippen molar-refractivity contribution < 1.29 is 9.90 Å². The van der Waals surface area contributed by atoms with E-state index in [2.05, 4.69) is 10.3 Å². The Morgan fingerprint density at radius 3 is 2.57 bits per heavy atom. The smallest absolute Gasteiger partial charge is 0.322 e. The van der Waals surface area contributed by atoms with Crippen LogP contribution in [-0.2, 0) is 6.54 Å². The molecule has 3 aromatic rings. The third kappa shape index (κ3) is 4.35. The molecule has 1 heterocycles. The first-order valence-electron chi connectivity index (χ1n) is 8.93. The highest BCUT2D eigenvalue weighted by Gasteiger charge is 2.16. The Labute approximate surface area is 167 Å². The second kappa shape index (κ2) is 8.46. The number of urea groups is 1. The maximum absolute atomic E-state index is 12.6. The highest BCUT2D eigenvalue weighted by Crippen LogP contribution is 2.20. The van der Waals surface area contributed by atoms with Crippen molar-refractivity contribution >= 4 is 34.2 Å². The van der Waals surface area contributed by atoms with Crippen LogP contribution in [0.3, 0.4) is 0 Å². The number of aryl methyl sites for hydroxylation is 2. The number of H-pyrrole nitrogens is 1. The van der Waals surface area contributed by atoms with Crippen LogP contribution < -0.4 is 10.9 Å². The molecule has 6 nitrogen and oxygen atoms in total. The van der Waals surface area contributed by atoms with Gasteiger partial charge in [0, 0.05) is 22.8 Å². The maximum atomic E-state index is 12.6. The summed E-state index contributed by atoms with van der Waals surface area (Å²) in [6, 6.07) is 12.0. The molecule has 1 aromatic heterocycles. The average molecular weight is 400 g/mol. The van der Waals surface area contributed by atoms with E-state index in [1.54, 1.807) is 30.3 Å². The highest BCUT2D eigenvalue weighted by atomic mass is 35.5. The number of aromatic amines is 1. The van der Waals surface area contributed by atoms with E-state index in [9.17, 15) is 14.7 Å². The van der Waals surface area contributed by atoms with Crippen LogP contribution in [0.2, 0.25) is 5.02 Å². The van der Waals surface area contributed by atoms with Crippen molar-refractivity contribution in [2.75, 3.05) is 18.5 Å². The molecule has 0 unspecified atom stereocenters. The number of hydrogen-bond acceptors (Lipinski definition) is 3. The summed E-state index contributed by atoms with van der Waals surface area (Å²) >= 11 is 5.86. The van der Waals surface area contributed by atoms with E-state index in [0.717, 1.165) is 22.0 Å². The van der Waals surface area contributed by atoms with Crippen LogP contribution in [-0.4, -0.2) is 34.2 Å². The molecule has 0 aliphatic heterocycles. The molecule has 3 rings (SSSR count). The summed E-state index contributed by atoms with van der Waals surface area (Å²) < 4.78 is 0. The lowest BCUT2D eigenvalue weighted by Gasteiger charge is -2.22. The molecule has 7 heteroatoms. The zero-order chi connectivity index (χ0) is 20.3. The van der Waals surface area contributed by atoms with E-state index in [0.29, 0.717) is 16.3 Å². The Hall–Kier alpha value is -2.83. The molecule has 2 amide bonds. The molecular weight excluding hydrogens is 378 g/mol. The number of aromatic nitrogens is 1. The molecule has 0 saturated heterocycles. The average Bonchev–Trinajstić information content (AvgIpc) is 2.67. The summed E-state index contributed by atoms with van der Waals surface area (Å²) in [5, 5.41) is 13.6. The lowest BCUT2D eigenvalue weighted by Crippen LogP contribution is -2.38. The van der Waals surface area contributed by atoms with Gasteiger partial charge in [0.1, 0.15) is 0 Å². The predicted molar refractivity (Wildman–Crippen MR) is 112 cm³/mol. The van der Waals surface area contributed by atoms with Crippen LogP contribution in [0.4, 0.5) is 10.5 Å². The van der Waals surface area contributed by atoms with Gasteiger partial charge in [0.05, 0.1) is 18.7 Å². The molecule has 0 radical (unpaired) electrons. The van der Waals surface area contributed by atoms with E-state index in [-0.39, 0.29) is 25.3 Å². The third-order valence-corrected chi connectivity index (χ3v) is 4.99. The molecule has 0 bridgehead atoms. The minimum atomic E-state index is -0.407. The van der Waals surface area contributed by atoms with E-state index in [4.69, 9.17) is 11.6 Å². The molecule has 0 aliphatic carbocycles. The van der Waals surface area contributed by atoms with Gasteiger partial charge in [-0.25, -0.2) is 4.79 Å². The minimum Gasteiger partial charge on any atom is -0.395 e. The van der Waals surface area contributed by atoms with Gasteiger partial charge < -0.3 is 20.3 Å². The predicted octanol–water partition coefficient (Wildman–Crippen LogP) is 3.82. The Morgan fingerprint density at radius 1 is 1.18 bits per heavy atom. The summed E-state index contributed by atoms with van der Waals surface area (Å²) in [5.41, 5.74) is 3.71. The van der Waals surface area contributed by atoms with Crippen LogP contribution >= 0.6 is 11.6 Å². The summed E-state index contributed by atoms with van der Waals surface area (Å²) in [5.74, 6) is 0. The Bertz CT molecular complexity index is 1060. The van der Waals surface area contributed by atoms with Crippen LogP contribution in [0, 0.1) is 13.8 Å². The van der Waals surface area contributed by atoms with Crippen molar-refractivity contribution in [1.82, 2.24) is 9.88 Å². The monoisotopic (exact) mass is 399 g/mol. The second-order valence-electron chi connectivity index (χ2n) is 6.68. The number of carbonyl (C=O) groups is 1. The lowest BCUT2D eigenvalue weighted by atomic mass is 10.0. The van der Waals surface area contributed by atoms with Crippen molar-refractivity contribution in [3.63, 3.8) is 0 Å². The fourth-order valence-corrected chi connectivity index (χ4v) is 3.13. The standard InChI is InChI=1S/C21H22ClN3O3/c1-13-3-4-15-11-16(20(27)24-19(15)14(13)2)12-25(9-10-26)21(28)23-18-7-5-17(22)6-8-18/h3-8,11,26H,9-10,12H2,1-2H3,(H,23,28)(H,24,27). The van der Waals surface area contributed by atoms with Gasteiger partial charge in [0.2, 0.25) is 0 Å². The van der Waals surface area contributed by atoms with Crippen molar-refractivity contribution in [1.29, 1.82) is 0 Å². The first kappa shape index (κ1) is 19.9. The van der Waals surface area contributed by atoms with E-state index in [1.807, 2.05) is 26.0 Å². The number of nitrogens with one attached hydrogen (secondary N) is 2. The van der Waals surface area contributed by atoms with Crippen LogP contribution in [0.5, 0.6) is 0 Å². The number of benzene rings is 2. The highest BCUT2D eigenvalue weighted by molar-refractivity contribution is 6.30. The number of aliphatic hydroxyl groups excluding tert-OH is 1. The van der Waals surface area contributed by atoms with Gasteiger partial charge in [-0.3, -0.25) is 4.79 Å². The molecular formula is C21H22ClN3O3. The third-order valence-electron chi connectivity index (χ3n) is 4.74. The Balaban J connectivity index is 1.86. The van der Waals surface area contributed by atoms with Gasteiger partial charge >= 0.3 is 6.03 Å². The number of anilines is 1. The Kier molecular flexibility index (Phi) is 6.02. The van der Waals surface area contributed by atoms with Gasteiger partial charge in [-0.2, -0.15) is 0 Å². The van der Waals surface area contributed by atoms with Crippen molar-refractivity contribution in [3.8, 4) is 0 Å². The van der Waals surface area contributed by atoms with E-state index >= 15 is 0 Å². The zero-order valence-corrected chi connectivity index (χ0v) is 16.5. The fourth-order valence-electron chi connectivity index (χ4n) is 3.00. The van der Waals surface area contributed by atoms with Crippen molar-refractivity contribution in [2.24, 2.45) is 0 Å². The Morgan fingerprint density at radius 2 is 1.89 bits per heavy atom. The number of halogens is 1. The molecule has 3 N–H and O–H groups in total. The summed E-state index contributed by atoms with van der Waals surface area (Å²) in [4.78, 5) is 29.5. The van der Waals surface area contributed by atoms with Crippen molar-refractivity contribution in [3.05, 3.63) is 74.5 Å². The second-order valence-corrected chi connectivity index (χ2v) is 7.11. The van der Waals surface area contributed by atoms with Crippen molar-refractivity contribution in [2.45, 2.75) is 20.4 Å². The maximum Gasteiger partial charge on any atom is 0.322 e. The molecule has 0 fully saturated rings. The lowest BCUT2D eigenvalue weighted by molar-refractivity contribution is 0.185. The first-order valence-corrected chi connectivity index (χ1v) is 9.31. The fraction of sp³-hybridized carbons (Fsp3) is 0.238. The minimum absolute atomic E-state index is 0.0815. The zero-order valence-electron chi connectivity index (χ0n) is 15.8. The van der Waals surface area contributed by atoms with Gasteiger partial charge in [-0.05, 0) is 60.7 Å². The first-order chi connectivity index (χ1) is 13.4. The number of hydrogen-bond donors (Lipinski definition) is 3. The number of rotatable bonds is 5. The SMILES string of the molecule is Cc1ccc2cc(CN(CCO)C(=O)Nc3ccc(Cl)cc3)c(=O)[nH]c2c1C. The molecule has 28 heavy (non-hydrogen) atoms. The van der Waals surface area contributed by atoms with E-state index < -0.39 is 6.03 Å². The summed E-state index contributed by atoms with van der Waals surface area (Å²) in [7, 11) is 0. The number of carbonyl (C=O) groups excluding carboxylic acids is 1. The summed E-state index contributed by atoms with van der Waals surface area (Å²) in [6.07, 6.45) is 0. The molecule has 0 saturated carbocycles. The summed E-state index contributed by atoms with van der Waals surface area (Å²) in [6.45, 7) is 3.93. The van der Waals surface area contributed by atoms with Gasteiger partial charge in [0.15, 0.2) is 0 Å². The molecule has 146 valence electrons. The van der Waals surface area contributed by atoms with Gasteiger partial charge in [0.25, 0.3) is 5.56 Å². The molecule has 0 spiro atoms. The number of pyridine rings is 1. The number of fused-ring (bicyclic) bond motifs is 1. The van der Waals surface area contributed by atoms with E-state index in [1.165, 1.54) is 4.90 Å². The normalized spacial score (nSPS) is 10.9. The molecule has 0 atom stereocenters. The topological polar surface area (TPSA) is 85.4 Å². The van der Waals surface area contributed by atoms with Gasteiger partial charge in [-0.15, -0.1) is 0 Å². The molecule has 0 aliphatic rings. The largest absolute Gasteiger partial charge is 0.395 e. The quantitative estimate of drug-likeness (QED) is 0.609. The van der Waals surface area contributed by atoms with Gasteiger partial charge in [-0.1, -0.05) is 23.7 Å². The molecule has 2 aromatic carbocycles. The number of amides is 2. The number of aliphatic hydroxyl groups is 1. The number of nitrogens with zero attached hydrogens (tertiary/aromatic N) is 1.